The van der Waals surface area contributed by atoms with Crippen LogP contribution < -0.4 is 5.32 Å². The standard InChI is InChI=1S/C14H22BrN3/c1-4-16-14-12(15)10(3)17-13(18-14)11-7-5-6-9(2)8-11/h9,11H,4-8H2,1-3H3,(H,16,17,18). The summed E-state index contributed by atoms with van der Waals surface area (Å²) in [6.45, 7) is 7.35. The SMILES string of the molecule is CCNc1nc(C2CCCC(C)C2)nc(C)c1Br. The Kier molecular flexibility index (Phi) is 4.60. The van der Waals surface area contributed by atoms with E-state index in [1.165, 1.54) is 25.7 Å². The van der Waals surface area contributed by atoms with Gasteiger partial charge < -0.3 is 5.32 Å². The molecule has 0 spiro atoms. The van der Waals surface area contributed by atoms with Crippen LogP contribution in [-0.4, -0.2) is 16.5 Å². The quantitative estimate of drug-likeness (QED) is 0.905. The Bertz CT molecular complexity index is 420. The third kappa shape index (κ3) is 3.02. The molecule has 1 aliphatic rings. The summed E-state index contributed by atoms with van der Waals surface area (Å²) in [6, 6.07) is 0. The highest BCUT2D eigenvalue weighted by Crippen LogP contribution is 2.36. The predicted octanol–water partition coefficient (Wildman–Crippen LogP) is 4.27. The molecule has 1 aliphatic carbocycles. The van der Waals surface area contributed by atoms with Crippen LogP contribution in [0.5, 0.6) is 0 Å². The summed E-state index contributed by atoms with van der Waals surface area (Å²) in [5.41, 5.74) is 1.04. The largest absolute Gasteiger partial charge is 0.369 e. The molecule has 18 heavy (non-hydrogen) atoms. The first-order valence-corrected chi connectivity index (χ1v) is 7.69. The van der Waals surface area contributed by atoms with Crippen molar-refractivity contribution in [3.8, 4) is 0 Å². The molecule has 0 radical (unpaired) electrons. The monoisotopic (exact) mass is 311 g/mol. The minimum atomic E-state index is 0.540. The van der Waals surface area contributed by atoms with Crippen LogP contribution in [0.2, 0.25) is 0 Å². The second-order valence-electron chi connectivity index (χ2n) is 5.33. The summed E-state index contributed by atoms with van der Waals surface area (Å²) in [4.78, 5) is 9.39. The van der Waals surface area contributed by atoms with Crippen LogP contribution in [0.3, 0.4) is 0 Å². The molecule has 1 aromatic heterocycles. The molecule has 4 heteroatoms. The number of nitrogens with zero attached hydrogens (tertiary/aromatic N) is 2. The van der Waals surface area contributed by atoms with Crippen LogP contribution in [0.15, 0.2) is 4.47 Å². The van der Waals surface area contributed by atoms with Gasteiger partial charge in [-0.2, -0.15) is 0 Å². The minimum Gasteiger partial charge on any atom is -0.369 e. The summed E-state index contributed by atoms with van der Waals surface area (Å²) >= 11 is 3.56. The molecular weight excluding hydrogens is 290 g/mol. The lowest BCUT2D eigenvalue weighted by molar-refractivity contribution is 0.335. The van der Waals surface area contributed by atoms with E-state index in [4.69, 9.17) is 4.98 Å². The Morgan fingerprint density at radius 3 is 2.78 bits per heavy atom. The van der Waals surface area contributed by atoms with Crippen LogP contribution in [0.4, 0.5) is 5.82 Å². The van der Waals surface area contributed by atoms with Crippen molar-refractivity contribution >= 4 is 21.7 Å². The number of nitrogens with one attached hydrogen (secondary N) is 1. The molecule has 100 valence electrons. The summed E-state index contributed by atoms with van der Waals surface area (Å²) in [6.07, 6.45) is 5.12. The fraction of sp³-hybridized carbons (Fsp3) is 0.714. The van der Waals surface area contributed by atoms with Crippen LogP contribution in [0.25, 0.3) is 0 Å². The highest BCUT2D eigenvalue weighted by Gasteiger charge is 2.23. The van der Waals surface area contributed by atoms with Gasteiger partial charge in [0.2, 0.25) is 0 Å². The topological polar surface area (TPSA) is 37.8 Å². The van der Waals surface area contributed by atoms with E-state index in [-0.39, 0.29) is 0 Å². The Morgan fingerprint density at radius 2 is 2.11 bits per heavy atom. The fourth-order valence-corrected chi connectivity index (χ4v) is 3.03. The molecule has 3 nitrogen and oxygen atoms in total. The smallest absolute Gasteiger partial charge is 0.144 e. The van der Waals surface area contributed by atoms with Crippen molar-refractivity contribution in [2.75, 3.05) is 11.9 Å². The summed E-state index contributed by atoms with van der Waals surface area (Å²) in [5, 5.41) is 3.31. The number of anilines is 1. The highest BCUT2D eigenvalue weighted by atomic mass is 79.9. The molecule has 1 heterocycles. The first kappa shape index (κ1) is 13.8. The number of aromatic nitrogens is 2. The van der Waals surface area contributed by atoms with E-state index in [2.05, 4.69) is 40.1 Å². The van der Waals surface area contributed by atoms with Gasteiger partial charge in [-0.1, -0.05) is 19.8 Å². The predicted molar refractivity (Wildman–Crippen MR) is 79.0 cm³/mol. The third-order valence-electron chi connectivity index (χ3n) is 3.68. The van der Waals surface area contributed by atoms with E-state index in [1.54, 1.807) is 0 Å². The maximum Gasteiger partial charge on any atom is 0.144 e. The molecule has 1 N–H and O–H groups in total. The average molecular weight is 312 g/mol. The van der Waals surface area contributed by atoms with Gasteiger partial charge >= 0.3 is 0 Å². The third-order valence-corrected chi connectivity index (χ3v) is 4.63. The molecule has 1 saturated carbocycles. The normalized spacial score (nSPS) is 24.0. The van der Waals surface area contributed by atoms with Gasteiger partial charge in [-0.15, -0.1) is 0 Å². The lowest BCUT2D eigenvalue weighted by Crippen LogP contribution is -2.16. The first-order valence-electron chi connectivity index (χ1n) is 6.89. The minimum absolute atomic E-state index is 0.540. The Labute approximate surface area is 118 Å². The number of hydrogen-bond donors (Lipinski definition) is 1. The zero-order chi connectivity index (χ0) is 13.1. The van der Waals surface area contributed by atoms with Crippen molar-refractivity contribution in [3.63, 3.8) is 0 Å². The van der Waals surface area contributed by atoms with E-state index in [0.717, 1.165) is 34.3 Å². The second kappa shape index (κ2) is 6.00. The maximum absolute atomic E-state index is 4.71. The van der Waals surface area contributed by atoms with E-state index in [0.29, 0.717) is 5.92 Å². The van der Waals surface area contributed by atoms with Gasteiger partial charge in [-0.25, -0.2) is 9.97 Å². The number of aryl methyl sites for hydroxylation is 1. The Balaban J connectivity index is 2.27. The van der Waals surface area contributed by atoms with E-state index in [1.807, 2.05) is 6.92 Å². The molecule has 1 aromatic rings. The van der Waals surface area contributed by atoms with E-state index < -0.39 is 0 Å². The molecular formula is C14H22BrN3. The molecule has 2 unspecified atom stereocenters. The van der Waals surface area contributed by atoms with Gasteiger partial charge in [-0.3, -0.25) is 0 Å². The van der Waals surface area contributed by atoms with Gasteiger partial charge in [0.25, 0.3) is 0 Å². The molecule has 2 atom stereocenters. The van der Waals surface area contributed by atoms with E-state index in [9.17, 15) is 0 Å². The van der Waals surface area contributed by atoms with Crippen LogP contribution in [-0.2, 0) is 0 Å². The zero-order valence-electron chi connectivity index (χ0n) is 11.5. The molecule has 0 saturated heterocycles. The van der Waals surface area contributed by atoms with Crippen molar-refractivity contribution in [1.29, 1.82) is 0 Å². The van der Waals surface area contributed by atoms with Crippen LogP contribution >= 0.6 is 15.9 Å². The lowest BCUT2D eigenvalue weighted by atomic mass is 9.82. The van der Waals surface area contributed by atoms with Crippen molar-refractivity contribution in [3.05, 3.63) is 16.0 Å². The van der Waals surface area contributed by atoms with Gasteiger partial charge in [0, 0.05) is 12.5 Å². The maximum atomic E-state index is 4.71. The zero-order valence-corrected chi connectivity index (χ0v) is 13.0. The van der Waals surface area contributed by atoms with Crippen molar-refractivity contribution in [2.24, 2.45) is 5.92 Å². The summed E-state index contributed by atoms with van der Waals surface area (Å²) in [7, 11) is 0. The number of rotatable bonds is 3. The fourth-order valence-electron chi connectivity index (χ4n) is 2.72. The molecule has 1 fully saturated rings. The van der Waals surface area contributed by atoms with Gasteiger partial charge in [-0.05, 0) is 48.5 Å². The number of halogens is 1. The molecule has 0 bridgehead atoms. The van der Waals surface area contributed by atoms with Gasteiger partial charge in [0.05, 0.1) is 10.2 Å². The Morgan fingerprint density at radius 1 is 1.33 bits per heavy atom. The molecule has 0 aliphatic heterocycles. The number of hydrogen-bond acceptors (Lipinski definition) is 3. The van der Waals surface area contributed by atoms with Crippen molar-refractivity contribution in [1.82, 2.24) is 9.97 Å². The molecule has 2 rings (SSSR count). The van der Waals surface area contributed by atoms with Gasteiger partial charge in [0.15, 0.2) is 0 Å². The lowest BCUT2D eigenvalue weighted by Gasteiger charge is -2.26. The highest BCUT2D eigenvalue weighted by molar-refractivity contribution is 9.10. The summed E-state index contributed by atoms with van der Waals surface area (Å²) < 4.78 is 0.997. The average Bonchev–Trinajstić information content (AvgIpc) is 2.35. The Hall–Kier alpha value is -0.640. The van der Waals surface area contributed by atoms with Crippen LogP contribution in [0, 0.1) is 12.8 Å². The van der Waals surface area contributed by atoms with Crippen LogP contribution in [0.1, 0.15) is 57.0 Å². The molecule has 0 aromatic carbocycles. The van der Waals surface area contributed by atoms with Crippen molar-refractivity contribution < 1.29 is 0 Å². The van der Waals surface area contributed by atoms with Gasteiger partial charge in [0.1, 0.15) is 11.6 Å². The second-order valence-corrected chi connectivity index (χ2v) is 6.12. The van der Waals surface area contributed by atoms with Crippen molar-refractivity contribution in [2.45, 2.75) is 52.4 Å². The molecule has 0 amide bonds. The first-order chi connectivity index (χ1) is 8.61. The summed E-state index contributed by atoms with van der Waals surface area (Å²) in [5.74, 6) is 3.31. The van der Waals surface area contributed by atoms with E-state index >= 15 is 0 Å².